The van der Waals surface area contributed by atoms with Gasteiger partial charge in [-0.1, -0.05) is 25.1 Å². The largest absolute Gasteiger partial charge is 0.312 e. The summed E-state index contributed by atoms with van der Waals surface area (Å²) in [5.41, 5.74) is 4.60. The maximum Gasteiger partial charge on any atom is 0.0236 e. The molecule has 1 heterocycles. The average Bonchev–Trinajstić information content (AvgIpc) is 2.38. The van der Waals surface area contributed by atoms with Crippen LogP contribution in [0.3, 0.4) is 0 Å². The third-order valence-corrected chi connectivity index (χ3v) is 4.00. The first-order chi connectivity index (χ1) is 8.22. The molecule has 2 heteroatoms. The third kappa shape index (κ3) is 2.88. The molecule has 0 amide bonds. The van der Waals surface area contributed by atoms with Crippen molar-refractivity contribution in [2.45, 2.75) is 45.8 Å². The van der Waals surface area contributed by atoms with Gasteiger partial charge in [0, 0.05) is 19.1 Å². The lowest BCUT2D eigenvalue weighted by Gasteiger charge is -2.27. The van der Waals surface area contributed by atoms with Gasteiger partial charge in [-0.05, 0) is 50.0 Å². The minimum Gasteiger partial charge on any atom is -0.312 e. The first kappa shape index (κ1) is 12.6. The summed E-state index contributed by atoms with van der Waals surface area (Å²) < 4.78 is 0. The van der Waals surface area contributed by atoms with Crippen molar-refractivity contribution >= 4 is 0 Å². The van der Waals surface area contributed by atoms with Crippen molar-refractivity contribution in [1.29, 1.82) is 0 Å². The molecule has 17 heavy (non-hydrogen) atoms. The van der Waals surface area contributed by atoms with Crippen LogP contribution in [0, 0.1) is 0 Å². The number of fused-ring (bicyclic) bond motifs is 1. The SMILES string of the molecule is CCC(C)N(C)Cc1cccc2c1CCNC2. The smallest absolute Gasteiger partial charge is 0.0236 e. The van der Waals surface area contributed by atoms with Crippen LogP contribution < -0.4 is 5.32 Å². The van der Waals surface area contributed by atoms with Gasteiger partial charge in [-0.25, -0.2) is 0 Å². The van der Waals surface area contributed by atoms with Crippen molar-refractivity contribution < 1.29 is 0 Å². The Labute approximate surface area is 105 Å². The van der Waals surface area contributed by atoms with Gasteiger partial charge in [0.1, 0.15) is 0 Å². The van der Waals surface area contributed by atoms with Crippen molar-refractivity contribution in [1.82, 2.24) is 10.2 Å². The van der Waals surface area contributed by atoms with E-state index in [0.29, 0.717) is 6.04 Å². The van der Waals surface area contributed by atoms with Crippen molar-refractivity contribution in [3.8, 4) is 0 Å². The van der Waals surface area contributed by atoms with E-state index >= 15 is 0 Å². The molecule has 1 aliphatic heterocycles. The number of hydrogen-bond donors (Lipinski definition) is 1. The molecule has 0 spiro atoms. The molecule has 0 saturated heterocycles. The van der Waals surface area contributed by atoms with Gasteiger partial charge in [0.05, 0.1) is 0 Å². The van der Waals surface area contributed by atoms with Gasteiger partial charge >= 0.3 is 0 Å². The number of hydrogen-bond acceptors (Lipinski definition) is 2. The van der Waals surface area contributed by atoms with Crippen molar-refractivity contribution in [3.05, 3.63) is 34.9 Å². The maximum absolute atomic E-state index is 3.44. The topological polar surface area (TPSA) is 15.3 Å². The van der Waals surface area contributed by atoms with E-state index < -0.39 is 0 Å². The van der Waals surface area contributed by atoms with Crippen LogP contribution in [0.4, 0.5) is 0 Å². The second kappa shape index (κ2) is 5.65. The lowest BCUT2D eigenvalue weighted by Crippen LogP contribution is -2.30. The zero-order chi connectivity index (χ0) is 12.3. The summed E-state index contributed by atoms with van der Waals surface area (Å²) in [5.74, 6) is 0. The minimum atomic E-state index is 0.660. The van der Waals surface area contributed by atoms with Crippen molar-refractivity contribution in [2.24, 2.45) is 0 Å². The first-order valence-electron chi connectivity index (χ1n) is 6.73. The molecule has 0 radical (unpaired) electrons. The molecule has 2 rings (SSSR count). The minimum absolute atomic E-state index is 0.660. The van der Waals surface area contributed by atoms with Crippen LogP contribution in [-0.2, 0) is 19.5 Å². The fourth-order valence-corrected chi connectivity index (χ4v) is 2.50. The number of rotatable bonds is 4. The van der Waals surface area contributed by atoms with Crippen molar-refractivity contribution in [3.63, 3.8) is 0 Å². The molecule has 1 unspecified atom stereocenters. The highest BCUT2D eigenvalue weighted by Gasteiger charge is 2.14. The Kier molecular flexibility index (Phi) is 4.19. The Bertz CT molecular complexity index is 373. The zero-order valence-electron chi connectivity index (χ0n) is 11.3. The molecule has 1 aromatic rings. The number of nitrogens with one attached hydrogen (secondary N) is 1. The van der Waals surface area contributed by atoms with Crippen LogP contribution in [0.1, 0.15) is 37.0 Å². The molecule has 2 nitrogen and oxygen atoms in total. The highest BCUT2D eigenvalue weighted by atomic mass is 15.1. The predicted molar refractivity (Wildman–Crippen MR) is 73.1 cm³/mol. The Morgan fingerprint density at radius 1 is 1.41 bits per heavy atom. The summed E-state index contributed by atoms with van der Waals surface area (Å²) in [4.78, 5) is 2.46. The van der Waals surface area contributed by atoms with Gasteiger partial charge in [0.2, 0.25) is 0 Å². The third-order valence-electron chi connectivity index (χ3n) is 4.00. The maximum atomic E-state index is 3.44. The van der Waals surface area contributed by atoms with Gasteiger partial charge in [0.25, 0.3) is 0 Å². The summed E-state index contributed by atoms with van der Waals surface area (Å²) in [6, 6.07) is 7.41. The number of nitrogens with zero attached hydrogens (tertiary/aromatic N) is 1. The van der Waals surface area contributed by atoms with Gasteiger partial charge in [-0.2, -0.15) is 0 Å². The highest BCUT2D eigenvalue weighted by Crippen LogP contribution is 2.20. The molecule has 0 fully saturated rings. The normalized spacial score (nSPS) is 16.9. The van der Waals surface area contributed by atoms with E-state index in [1.165, 1.54) is 24.0 Å². The molecular weight excluding hydrogens is 208 g/mol. The van der Waals surface area contributed by atoms with Gasteiger partial charge in [-0.15, -0.1) is 0 Å². The molecule has 1 atom stereocenters. The zero-order valence-corrected chi connectivity index (χ0v) is 11.3. The lowest BCUT2D eigenvalue weighted by atomic mass is 9.95. The fraction of sp³-hybridized carbons (Fsp3) is 0.600. The van der Waals surface area contributed by atoms with E-state index in [0.717, 1.165) is 19.6 Å². The van der Waals surface area contributed by atoms with E-state index in [1.54, 1.807) is 5.56 Å². The molecule has 0 saturated carbocycles. The Morgan fingerprint density at radius 2 is 2.24 bits per heavy atom. The Morgan fingerprint density at radius 3 is 3.00 bits per heavy atom. The molecule has 0 aromatic heterocycles. The molecule has 0 bridgehead atoms. The van der Waals surface area contributed by atoms with Gasteiger partial charge in [-0.3, -0.25) is 4.90 Å². The summed E-state index contributed by atoms with van der Waals surface area (Å²) in [6.45, 7) is 7.80. The van der Waals surface area contributed by atoms with E-state index in [1.807, 2.05) is 0 Å². The monoisotopic (exact) mass is 232 g/mol. The summed E-state index contributed by atoms with van der Waals surface area (Å²) >= 11 is 0. The van der Waals surface area contributed by atoms with Crippen LogP contribution in [0.15, 0.2) is 18.2 Å². The Hall–Kier alpha value is -0.860. The van der Waals surface area contributed by atoms with Gasteiger partial charge < -0.3 is 5.32 Å². The summed E-state index contributed by atoms with van der Waals surface area (Å²) in [7, 11) is 2.23. The van der Waals surface area contributed by atoms with Crippen LogP contribution in [-0.4, -0.2) is 24.5 Å². The summed E-state index contributed by atoms with van der Waals surface area (Å²) in [6.07, 6.45) is 2.40. The molecule has 0 aliphatic carbocycles. The van der Waals surface area contributed by atoms with Crippen LogP contribution >= 0.6 is 0 Å². The standard InChI is InChI=1S/C15H24N2/c1-4-12(2)17(3)11-14-7-5-6-13-10-16-9-8-15(13)14/h5-7,12,16H,4,8-11H2,1-3H3. The predicted octanol–water partition coefficient (Wildman–Crippen LogP) is 2.56. The first-order valence-corrected chi connectivity index (χ1v) is 6.73. The fourth-order valence-electron chi connectivity index (χ4n) is 2.50. The molecule has 1 N–H and O–H groups in total. The quantitative estimate of drug-likeness (QED) is 0.858. The van der Waals surface area contributed by atoms with E-state index in [2.05, 4.69) is 49.3 Å². The lowest BCUT2D eigenvalue weighted by molar-refractivity contribution is 0.243. The van der Waals surface area contributed by atoms with Crippen molar-refractivity contribution in [2.75, 3.05) is 13.6 Å². The summed E-state index contributed by atoms with van der Waals surface area (Å²) in [5, 5.41) is 3.44. The van der Waals surface area contributed by atoms with E-state index in [-0.39, 0.29) is 0 Å². The second-order valence-corrected chi connectivity index (χ2v) is 5.15. The van der Waals surface area contributed by atoms with Crippen LogP contribution in [0.2, 0.25) is 0 Å². The van der Waals surface area contributed by atoms with Gasteiger partial charge in [0.15, 0.2) is 0 Å². The Balaban J connectivity index is 2.15. The average molecular weight is 232 g/mol. The van der Waals surface area contributed by atoms with E-state index in [9.17, 15) is 0 Å². The number of benzene rings is 1. The molecular formula is C15H24N2. The second-order valence-electron chi connectivity index (χ2n) is 5.15. The van der Waals surface area contributed by atoms with Crippen LogP contribution in [0.5, 0.6) is 0 Å². The highest BCUT2D eigenvalue weighted by molar-refractivity contribution is 5.37. The molecule has 94 valence electrons. The van der Waals surface area contributed by atoms with Crippen LogP contribution in [0.25, 0.3) is 0 Å². The molecule has 1 aromatic carbocycles. The van der Waals surface area contributed by atoms with E-state index in [4.69, 9.17) is 0 Å². The molecule has 1 aliphatic rings.